The van der Waals surface area contributed by atoms with Crippen LogP contribution >= 0.6 is 11.8 Å². The number of benzene rings is 1. The van der Waals surface area contributed by atoms with E-state index in [1.165, 1.54) is 0 Å². The predicted molar refractivity (Wildman–Crippen MR) is 150 cm³/mol. The highest BCUT2D eigenvalue weighted by Gasteiger charge is 2.42. The number of rotatable bonds is 13. The number of amides is 2. The number of hydrogen-bond donors (Lipinski definition) is 3. The first-order valence-electron chi connectivity index (χ1n) is 13.6. The Hall–Kier alpha value is -2.75. The van der Waals surface area contributed by atoms with E-state index in [9.17, 15) is 14.4 Å². The van der Waals surface area contributed by atoms with Crippen molar-refractivity contribution in [3.8, 4) is 0 Å². The van der Waals surface area contributed by atoms with E-state index in [1.807, 2.05) is 62.9 Å². The van der Waals surface area contributed by atoms with Crippen LogP contribution in [0.3, 0.4) is 0 Å². The molecular formula is C28H42N4O5S. The van der Waals surface area contributed by atoms with Crippen molar-refractivity contribution in [1.29, 1.82) is 0 Å². The van der Waals surface area contributed by atoms with Gasteiger partial charge in [-0.25, -0.2) is 4.79 Å². The fourth-order valence-corrected chi connectivity index (χ4v) is 5.97. The fraction of sp³-hybridized carbons (Fsp3) is 0.643. The third-order valence-corrected chi connectivity index (χ3v) is 7.82. The zero-order valence-electron chi connectivity index (χ0n) is 22.8. The van der Waals surface area contributed by atoms with Gasteiger partial charge >= 0.3 is 12.1 Å². The predicted octanol–water partition coefficient (Wildman–Crippen LogP) is 4.30. The number of guanidine groups is 1. The molecule has 0 unspecified atom stereocenters. The standard InChI is InChI=1S/C28H42N4O5S/c1-28(2,3)37-27(35)32-26-30-21-19-38-22(25(21)31-26)14-10-11-17-29-23(33)15-8-5-9-16-24(34)36-18-20-12-6-4-7-13-20/h4,6-7,12-13,21-22,25H,5,8-11,14-19H2,1-3H3,(H,29,33)(H2,30,31,32,35)/t21-,22-,25-/m0/s1. The summed E-state index contributed by atoms with van der Waals surface area (Å²) in [5, 5.41) is 10.1. The lowest BCUT2D eigenvalue weighted by Gasteiger charge is -2.18. The summed E-state index contributed by atoms with van der Waals surface area (Å²) in [4.78, 5) is 39.9. The molecule has 0 aliphatic carbocycles. The van der Waals surface area contributed by atoms with Gasteiger partial charge < -0.3 is 25.4 Å². The molecule has 2 saturated heterocycles. The quantitative estimate of drug-likeness (QED) is 0.248. The number of ether oxygens (including phenoxy) is 2. The first kappa shape index (κ1) is 29.8. The molecule has 2 aliphatic rings. The summed E-state index contributed by atoms with van der Waals surface area (Å²) >= 11 is 1.93. The average Bonchev–Trinajstić information content (AvgIpc) is 3.42. The molecule has 9 nitrogen and oxygen atoms in total. The monoisotopic (exact) mass is 546 g/mol. The molecule has 10 heteroatoms. The minimum Gasteiger partial charge on any atom is -0.461 e. The summed E-state index contributed by atoms with van der Waals surface area (Å²) in [6, 6.07) is 10.1. The summed E-state index contributed by atoms with van der Waals surface area (Å²) in [6.45, 7) is 6.44. The molecule has 2 aliphatic heterocycles. The highest BCUT2D eigenvalue weighted by Crippen LogP contribution is 2.33. The van der Waals surface area contributed by atoms with Gasteiger partial charge in [-0.15, -0.1) is 4.99 Å². The maximum absolute atomic E-state index is 12.1. The molecule has 210 valence electrons. The van der Waals surface area contributed by atoms with Crippen molar-refractivity contribution in [2.45, 2.75) is 102 Å². The van der Waals surface area contributed by atoms with Crippen LogP contribution in [0.15, 0.2) is 35.3 Å². The summed E-state index contributed by atoms with van der Waals surface area (Å²) in [5.41, 5.74) is 0.414. The van der Waals surface area contributed by atoms with Gasteiger partial charge in [-0.1, -0.05) is 43.2 Å². The molecule has 1 aromatic rings. The summed E-state index contributed by atoms with van der Waals surface area (Å²) < 4.78 is 10.5. The molecule has 3 rings (SSSR count). The molecule has 0 radical (unpaired) electrons. The van der Waals surface area contributed by atoms with E-state index in [2.05, 4.69) is 20.9 Å². The molecule has 1 aromatic carbocycles. The van der Waals surface area contributed by atoms with Crippen molar-refractivity contribution in [3.63, 3.8) is 0 Å². The molecule has 3 atom stereocenters. The fourth-order valence-electron chi connectivity index (χ4n) is 4.43. The highest BCUT2D eigenvalue weighted by atomic mass is 32.2. The van der Waals surface area contributed by atoms with E-state index in [-0.39, 0.29) is 24.0 Å². The number of nitrogens with one attached hydrogen (secondary N) is 3. The second kappa shape index (κ2) is 15.0. The van der Waals surface area contributed by atoms with Crippen LogP contribution in [0.25, 0.3) is 0 Å². The van der Waals surface area contributed by atoms with Crippen LogP contribution in [0.2, 0.25) is 0 Å². The van der Waals surface area contributed by atoms with Gasteiger partial charge in [0.05, 0.1) is 12.1 Å². The van der Waals surface area contributed by atoms with Crippen LogP contribution < -0.4 is 16.0 Å². The van der Waals surface area contributed by atoms with E-state index in [0.717, 1.165) is 49.8 Å². The van der Waals surface area contributed by atoms with Crippen molar-refractivity contribution in [2.24, 2.45) is 4.99 Å². The second-order valence-corrected chi connectivity index (χ2v) is 12.1. The maximum atomic E-state index is 12.1. The molecule has 0 spiro atoms. The zero-order valence-corrected chi connectivity index (χ0v) is 23.6. The minimum absolute atomic E-state index is 0.0663. The van der Waals surface area contributed by atoms with Crippen molar-refractivity contribution in [2.75, 3.05) is 12.3 Å². The van der Waals surface area contributed by atoms with Crippen molar-refractivity contribution >= 4 is 35.7 Å². The average molecular weight is 547 g/mol. The van der Waals surface area contributed by atoms with E-state index >= 15 is 0 Å². The van der Waals surface area contributed by atoms with Crippen LogP contribution in [0.4, 0.5) is 4.79 Å². The highest BCUT2D eigenvalue weighted by molar-refractivity contribution is 8.00. The Morgan fingerprint density at radius 3 is 2.55 bits per heavy atom. The second-order valence-electron chi connectivity index (χ2n) is 10.8. The lowest BCUT2D eigenvalue weighted by molar-refractivity contribution is -0.145. The van der Waals surface area contributed by atoms with Gasteiger partial charge in [0.2, 0.25) is 11.9 Å². The van der Waals surface area contributed by atoms with Crippen molar-refractivity contribution < 1.29 is 23.9 Å². The topological polar surface area (TPSA) is 118 Å². The number of carbonyl (C=O) groups is 3. The Kier molecular flexibility index (Phi) is 11.8. The number of unbranched alkanes of at least 4 members (excludes halogenated alkanes) is 3. The van der Waals surface area contributed by atoms with E-state index < -0.39 is 11.7 Å². The number of nitrogens with zero attached hydrogens (tertiary/aromatic N) is 1. The molecule has 3 N–H and O–H groups in total. The first-order valence-corrected chi connectivity index (χ1v) is 14.7. The van der Waals surface area contributed by atoms with Gasteiger partial charge in [0.25, 0.3) is 0 Å². The van der Waals surface area contributed by atoms with Crippen LogP contribution in [0.1, 0.15) is 77.7 Å². The van der Waals surface area contributed by atoms with Crippen molar-refractivity contribution in [3.05, 3.63) is 35.9 Å². The third kappa shape index (κ3) is 10.9. The molecule has 0 bridgehead atoms. The molecule has 38 heavy (non-hydrogen) atoms. The Morgan fingerprint density at radius 2 is 1.79 bits per heavy atom. The number of carbonyl (C=O) groups excluding carboxylic acids is 3. The van der Waals surface area contributed by atoms with Crippen LogP contribution in [-0.2, 0) is 25.7 Å². The normalized spacial score (nSPS) is 21.3. The summed E-state index contributed by atoms with van der Waals surface area (Å²) in [6.07, 6.45) is 5.60. The van der Waals surface area contributed by atoms with Crippen molar-refractivity contribution in [1.82, 2.24) is 16.0 Å². The van der Waals surface area contributed by atoms with Crippen LogP contribution in [0.5, 0.6) is 0 Å². The van der Waals surface area contributed by atoms with Gasteiger partial charge in [-0.3, -0.25) is 9.59 Å². The Morgan fingerprint density at radius 1 is 1.03 bits per heavy atom. The molecule has 0 aromatic heterocycles. The van der Waals surface area contributed by atoms with Gasteiger partial charge in [0, 0.05) is 30.4 Å². The number of thioether (sulfide) groups is 1. The van der Waals surface area contributed by atoms with Gasteiger partial charge in [0.1, 0.15) is 12.2 Å². The number of hydrogen-bond acceptors (Lipinski definition) is 6. The number of fused-ring (bicyclic) bond motifs is 1. The minimum atomic E-state index is -0.589. The largest absolute Gasteiger partial charge is 0.461 e. The summed E-state index contributed by atoms with van der Waals surface area (Å²) in [5.74, 6) is 1.34. The molecular weight excluding hydrogens is 504 g/mol. The SMILES string of the molecule is CC(C)(C)OC(=O)/N=C1/N[C@H]2[C@H](CS[C@H]2CCCCNC(=O)CCCCCC(=O)OCc2ccccc2)N1. The van der Waals surface area contributed by atoms with E-state index in [4.69, 9.17) is 9.47 Å². The number of esters is 1. The zero-order chi connectivity index (χ0) is 27.4. The first-order chi connectivity index (χ1) is 18.2. The number of aliphatic imine (C=N–C) groups is 1. The Labute approximate surface area is 230 Å². The maximum Gasteiger partial charge on any atom is 0.437 e. The molecule has 0 saturated carbocycles. The third-order valence-electron chi connectivity index (χ3n) is 6.31. The van der Waals surface area contributed by atoms with Gasteiger partial charge in [0.15, 0.2) is 0 Å². The lowest BCUT2D eigenvalue weighted by atomic mass is 10.0. The van der Waals surface area contributed by atoms with Crippen LogP contribution in [0, 0.1) is 0 Å². The van der Waals surface area contributed by atoms with E-state index in [0.29, 0.717) is 37.2 Å². The molecule has 2 amide bonds. The van der Waals surface area contributed by atoms with Gasteiger partial charge in [-0.2, -0.15) is 11.8 Å². The van der Waals surface area contributed by atoms with Crippen LogP contribution in [-0.4, -0.2) is 59.2 Å². The Bertz CT molecular complexity index is 950. The van der Waals surface area contributed by atoms with E-state index in [1.54, 1.807) is 0 Å². The van der Waals surface area contributed by atoms with Gasteiger partial charge in [-0.05, 0) is 52.0 Å². The molecule has 2 heterocycles. The molecule has 2 fully saturated rings. The lowest BCUT2D eigenvalue weighted by Crippen LogP contribution is -2.37. The smallest absolute Gasteiger partial charge is 0.437 e. The Balaban J connectivity index is 1.18. The summed E-state index contributed by atoms with van der Waals surface area (Å²) in [7, 11) is 0.